The second-order valence-corrected chi connectivity index (χ2v) is 6.95. The third-order valence-electron chi connectivity index (χ3n) is 3.34. The van der Waals surface area contributed by atoms with Gasteiger partial charge in [-0.05, 0) is 40.7 Å². The van der Waals surface area contributed by atoms with E-state index in [0.29, 0.717) is 5.56 Å². The van der Waals surface area contributed by atoms with Gasteiger partial charge in [-0.3, -0.25) is 14.9 Å². The van der Waals surface area contributed by atoms with E-state index >= 15 is 0 Å². The van der Waals surface area contributed by atoms with Crippen molar-refractivity contribution in [1.82, 2.24) is 5.32 Å². The molecule has 8 nitrogen and oxygen atoms in total. The first kappa shape index (κ1) is 21.4. The van der Waals surface area contributed by atoms with Gasteiger partial charge in [-0.2, -0.15) is 0 Å². The molecule has 0 bridgehead atoms. The van der Waals surface area contributed by atoms with Crippen LogP contribution in [-0.2, 0) is 20.7 Å². The Bertz CT molecular complexity index is 666. The predicted octanol–water partition coefficient (Wildman–Crippen LogP) is 3.29. The Labute approximate surface area is 153 Å². The molecule has 0 aliphatic heterocycles. The summed E-state index contributed by atoms with van der Waals surface area (Å²) in [6, 6.07) is 4.04. The molecule has 0 spiro atoms. The first-order chi connectivity index (χ1) is 12.0. The van der Waals surface area contributed by atoms with Crippen LogP contribution in [0, 0.1) is 17.0 Å². The predicted molar refractivity (Wildman–Crippen MR) is 95.9 cm³/mol. The average Bonchev–Trinajstić information content (AvgIpc) is 2.44. The van der Waals surface area contributed by atoms with Crippen molar-refractivity contribution in [3.63, 3.8) is 0 Å². The van der Waals surface area contributed by atoms with Crippen molar-refractivity contribution in [3.05, 3.63) is 39.4 Å². The van der Waals surface area contributed by atoms with Gasteiger partial charge < -0.3 is 14.8 Å². The van der Waals surface area contributed by atoms with Gasteiger partial charge in [0.1, 0.15) is 5.60 Å². The summed E-state index contributed by atoms with van der Waals surface area (Å²) in [7, 11) is 0. The van der Waals surface area contributed by atoms with E-state index in [1.165, 1.54) is 6.07 Å². The van der Waals surface area contributed by atoms with Crippen molar-refractivity contribution in [2.45, 2.75) is 59.1 Å². The Kier molecular flexibility index (Phi) is 7.55. The molecule has 8 heteroatoms. The number of nitro groups is 1. The molecule has 144 valence electrons. The minimum atomic E-state index is -0.701. The zero-order valence-corrected chi connectivity index (χ0v) is 15.8. The fraction of sp³-hybridized carbons (Fsp3) is 0.556. The highest BCUT2D eigenvalue weighted by Gasteiger charge is 2.25. The summed E-state index contributed by atoms with van der Waals surface area (Å²) in [5, 5.41) is 13.9. The molecule has 1 N–H and O–H groups in total. The first-order valence-electron chi connectivity index (χ1n) is 8.41. The number of rotatable bonds is 7. The van der Waals surface area contributed by atoms with Crippen LogP contribution in [-0.4, -0.2) is 35.2 Å². The summed E-state index contributed by atoms with van der Waals surface area (Å²) >= 11 is 0. The Morgan fingerprint density at radius 2 is 1.96 bits per heavy atom. The van der Waals surface area contributed by atoms with Gasteiger partial charge in [0, 0.05) is 24.1 Å². The van der Waals surface area contributed by atoms with Crippen molar-refractivity contribution in [2.24, 2.45) is 0 Å². The number of ether oxygens (including phenoxy) is 2. The van der Waals surface area contributed by atoms with Crippen LogP contribution in [0.25, 0.3) is 0 Å². The number of nitro benzene ring substituents is 1. The monoisotopic (exact) mass is 366 g/mol. The van der Waals surface area contributed by atoms with Gasteiger partial charge in [0.15, 0.2) is 0 Å². The number of carbonyl (C=O) groups excluding carboxylic acids is 2. The molecule has 1 unspecified atom stereocenters. The van der Waals surface area contributed by atoms with Crippen LogP contribution in [0.4, 0.5) is 10.5 Å². The van der Waals surface area contributed by atoms with Crippen LogP contribution in [0.2, 0.25) is 0 Å². The van der Waals surface area contributed by atoms with Gasteiger partial charge in [-0.25, -0.2) is 4.79 Å². The fourth-order valence-electron chi connectivity index (χ4n) is 2.39. The molecule has 1 amide bonds. The van der Waals surface area contributed by atoms with E-state index in [0.717, 1.165) is 5.56 Å². The maximum absolute atomic E-state index is 12.1. The number of amides is 1. The zero-order valence-electron chi connectivity index (χ0n) is 15.8. The second-order valence-electron chi connectivity index (χ2n) is 6.95. The average molecular weight is 366 g/mol. The van der Waals surface area contributed by atoms with Crippen LogP contribution in [0.1, 0.15) is 45.2 Å². The third kappa shape index (κ3) is 7.50. The summed E-state index contributed by atoms with van der Waals surface area (Å²) < 4.78 is 10.1. The van der Waals surface area contributed by atoms with E-state index in [2.05, 4.69) is 5.32 Å². The largest absolute Gasteiger partial charge is 0.466 e. The minimum absolute atomic E-state index is 0.0598. The summed E-state index contributed by atoms with van der Waals surface area (Å²) in [5.74, 6) is -0.496. The van der Waals surface area contributed by atoms with Crippen LogP contribution in [0.15, 0.2) is 18.2 Å². The molecule has 0 aromatic heterocycles. The van der Waals surface area contributed by atoms with Crippen molar-refractivity contribution in [2.75, 3.05) is 6.61 Å². The quantitative estimate of drug-likeness (QED) is 0.451. The van der Waals surface area contributed by atoms with E-state index in [1.54, 1.807) is 39.8 Å². The molecule has 0 fully saturated rings. The SMILES string of the molecule is CCOC(=O)CC(Cc1cc(C)ccc1[N+](=O)[O-])NC(=O)OC(C)(C)C. The van der Waals surface area contributed by atoms with E-state index in [-0.39, 0.29) is 25.1 Å². The minimum Gasteiger partial charge on any atom is -0.466 e. The van der Waals surface area contributed by atoms with Gasteiger partial charge in [-0.15, -0.1) is 0 Å². The Balaban J connectivity index is 3.01. The first-order valence-corrected chi connectivity index (χ1v) is 8.41. The molecule has 1 aromatic rings. The Morgan fingerprint density at radius 3 is 2.50 bits per heavy atom. The molecule has 26 heavy (non-hydrogen) atoms. The summed E-state index contributed by atoms with van der Waals surface area (Å²) in [6.45, 7) is 8.87. The molecule has 0 aliphatic carbocycles. The molecule has 1 aromatic carbocycles. The molecule has 0 aliphatic rings. The number of nitrogens with zero attached hydrogens (tertiary/aromatic N) is 1. The summed E-state index contributed by atoms with van der Waals surface area (Å²) in [5.41, 5.74) is 0.516. The summed E-state index contributed by atoms with van der Waals surface area (Å²) in [4.78, 5) is 34.7. The molecule has 0 heterocycles. The topological polar surface area (TPSA) is 108 Å². The lowest BCUT2D eigenvalue weighted by atomic mass is 10.00. The lowest BCUT2D eigenvalue weighted by molar-refractivity contribution is -0.385. The molecular weight excluding hydrogens is 340 g/mol. The van der Waals surface area contributed by atoms with Crippen LogP contribution in [0.5, 0.6) is 0 Å². The van der Waals surface area contributed by atoms with Gasteiger partial charge in [0.2, 0.25) is 0 Å². The number of hydrogen-bond acceptors (Lipinski definition) is 6. The lowest BCUT2D eigenvalue weighted by Gasteiger charge is -2.23. The Morgan fingerprint density at radius 1 is 1.31 bits per heavy atom. The van der Waals surface area contributed by atoms with Gasteiger partial charge >= 0.3 is 12.1 Å². The zero-order chi connectivity index (χ0) is 19.9. The van der Waals surface area contributed by atoms with Crippen molar-refractivity contribution in [3.8, 4) is 0 Å². The van der Waals surface area contributed by atoms with E-state index in [9.17, 15) is 19.7 Å². The molecule has 0 saturated carbocycles. The molecule has 0 saturated heterocycles. The molecule has 1 atom stereocenters. The highest BCUT2D eigenvalue weighted by atomic mass is 16.6. The number of benzene rings is 1. The van der Waals surface area contributed by atoms with Gasteiger partial charge in [0.05, 0.1) is 18.0 Å². The van der Waals surface area contributed by atoms with E-state index in [4.69, 9.17) is 9.47 Å². The van der Waals surface area contributed by atoms with Gasteiger partial charge in [-0.1, -0.05) is 11.6 Å². The maximum Gasteiger partial charge on any atom is 0.407 e. The second kappa shape index (κ2) is 9.17. The molecule has 1 rings (SSSR count). The van der Waals surface area contributed by atoms with Crippen molar-refractivity contribution < 1.29 is 24.0 Å². The van der Waals surface area contributed by atoms with Crippen molar-refractivity contribution >= 4 is 17.7 Å². The van der Waals surface area contributed by atoms with E-state index < -0.39 is 28.6 Å². The lowest BCUT2D eigenvalue weighted by Crippen LogP contribution is -2.41. The van der Waals surface area contributed by atoms with Crippen LogP contribution >= 0.6 is 0 Å². The number of esters is 1. The molecule has 0 radical (unpaired) electrons. The Hall–Kier alpha value is -2.64. The molecular formula is C18H26N2O6. The standard InChI is InChI=1S/C18H26N2O6/c1-6-25-16(21)11-14(19-17(22)26-18(3,4)5)10-13-9-12(2)7-8-15(13)20(23)24/h7-9,14H,6,10-11H2,1-5H3,(H,19,22). The normalized spacial score (nSPS) is 12.2. The van der Waals surface area contributed by atoms with Gasteiger partial charge in [0.25, 0.3) is 5.69 Å². The smallest absolute Gasteiger partial charge is 0.407 e. The number of hydrogen-bond donors (Lipinski definition) is 1. The van der Waals surface area contributed by atoms with E-state index in [1.807, 2.05) is 6.92 Å². The number of nitrogens with one attached hydrogen (secondary N) is 1. The number of aryl methyl sites for hydroxylation is 1. The van der Waals surface area contributed by atoms with Crippen molar-refractivity contribution in [1.29, 1.82) is 0 Å². The van der Waals surface area contributed by atoms with Crippen LogP contribution in [0.3, 0.4) is 0 Å². The number of alkyl carbamates (subject to hydrolysis) is 1. The summed E-state index contributed by atoms with van der Waals surface area (Å²) in [6.07, 6.45) is -0.698. The number of carbonyl (C=O) groups is 2. The third-order valence-corrected chi connectivity index (χ3v) is 3.34. The highest BCUT2D eigenvalue weighted by molar-refractivity contribution is 5.73. The van der Waals surface area contributed by atoms with Crippen LogP contribution < -0.4 is 5.32 Å². The fourth-order valence-corrected chi connectivity index (χ4v) is 2.39. The highest BCUT2D eigenvalue weighted by Crippen LogP contribution is 2.22. The maximum atomic E-state index is 12.1.